The highest BCUT2D eigenvalue weighted by atomic mass is 32.2. The van der Waals surface area contributed by atoms with Crippen molar-refractivity contribution >= 4 is 28.4 Å². The first-order valence-electron chi connectivity index (χ1n) is 13.6. The maximum atomic E-state index is 12.4. The van der Waals surface area contributed by atoms with Crippen LogP contribution in [0.3, 0.4) is 0 Å². The van der Waals surface area contributed by atoms with Crippen LogP contribution in [0.5, 0.6) is 0 Å². The first-order chi connectivity index (χ1) is 20.0. The number of carbonyl (C=O) groups excluding carboxylic acids is 1. The number of ether oxygens (including phenoxy) is 1. The molecular weight excluding hydrogens is 555 g/mol. The van der Waals surface area contributed by atoms with Gasteiger partial charge in [0.25, 0.3) is 0 Å². The summed E-state index contributed by atoms with van der Waals surface area (Å²) in [6.45, 7) is 2.06. The number of carbonyl (C=O) groups is 1. The van der Waals surface area contributed by atoms with E-state index in [1.54, 1.807) is 24.4 Å². The summed E-state index contributed by atoms with van der Waals surface area (Å²) in [5.74, 6) is 0.139. The van der Waals surface area contributed by atoms with Crippen LogP contribution in [-0.2, 0) is 28.7 Å². The van der Waals surface area contributed by atoms with Gasteiger partial charge in [0.15, 0.2) is 16.8 Å². The Morgan fingerprint density at radius 1 is 1.02 bits per heavy atom. The molecule has 1 aliphatic rings. The highest BCUT2D eigenvalue weighted by Crippen LogP contribution is 2.38. The lowest BCUT2D eigenvalue weighted by molar-refractivity contribution is 0.0520. The van der Waals surface area contributed by atoms with Crippen LogP contribution in [0.4, 0.5) is 0 Å². The van der Waals surface area contributed by atoms with Gasteiger partial charge >= 0.3 is 5.97 Å². The molecule has 6 rings (SSSR count). The number of rotatable bonds is 10. The lowest BCUT2D eigenvalue weighted by atomic mass is 9.95. The topological polar surface area (TPSA) is 94.3 Å². The van der Waals surface area contributed by atoms with Crippen molar-refractivity contribution in [2.75, 3.05) is 6.61 Å². The molecule has 0 spiro atoms. The van der Waals surface area contributed by atoms with Crippen molar-refractivity contribution in [2.45, 2.75) is 37.5 Å². The highest BCUT2D eigenvalue weighted by Gasteiger charge is 2.29. The molecule has 1 saturated carbocycles. The lowest BCUT2D eigenvalue weighted by Gasteiger charge is -2.10. The number of hydrogen-bond donors (Lipinski definition) is 1. The van der Waals surface area contributed by atoms with Gasteiger partial charge in [-0.25, -0.2) is 18.7 Å². The molecule has 1 fully saturated rings. The summed E-state index contributed by atoms with van der Waals surface area (Å²) in [7, 11) is 0. The Labute approximate surface area is 245 Å². The number of esters is 1. The van der Waals surface area contributed by atoms with Crippen LogP contribution in [0.15, 0.2) is 89.1 Å². The molecule has 0 bridgehead atoms. The van der Waals surface area contributed by atoms with E-state index in [4.69, 9.17) is 9.84 Å². The Morgan fingerprint density at radius 2 is 1.76 bits per heavy atom. The molecular formula is C32H29N3O4S2. The standard InChI is InChI=1S/C32H29N3O4S2/c1-2-39-31(36)28-20-40-32(33-28)35-29(18-22-11-12-22)27(17-21-13-15-26(16-14-21)41(37)38)30(34-35)25-10-6-9-24(19-25)23-7-4-3-5-8-23/h3-10,13-16,19-20,22H,2,11-12,17-18H2,1H3,(H,37,38). The van der Waals surface area contributed by atoms with Crippen LogP contribution in [0.2, 0.25) is 0 Å². The Balaban J connectivity index is 1.49. The van der Waals surface area contributed by atoms with Gasteiger partial charge < -0.3 is 9.29 Å². The number of hydrogen-bond acceptors (Lipinski definition) is 6. The zero-order chi connectivity index (χ0) is 28.3. The van der Waals surface area contributed by atoms with E-state index >= 15 is 0 Å². The van der Waals surface area contributed by atoms with E-state index in [1.807, 2.05) is 35.0 Å². The maximum absolute atomic E-state index is 12.4. The summed E-state index contributed by atoms with van der Waals surface area (Å²) < 4.78 is 28.1. The van der Waals surface area contributed by atoms with Crippen molar-refractivity contribution in [3.63, 3.8) is 0 Å². The van der Waals surface area contributed by atoms with Gasteiger partial charge in [0.05, 0.1) is 22.9 Å². The van der Waals surface area contributed by atoms with E-state index in [0.29, 0.717) is 22.4 Å². The second-order valence-electron chi connectivity index (χ2n) is 10.1. The molecule has 7 nitrogen and oxygen atoms in total. The lowest BCUT2D eigenvalue weighted by Crippen LogP contribution is -2.08. The molecule has 2 aromatic heterocycles. The second-order valence-corrected chi connectivity index (χ2v) is 11.9. The first-order valence-corrected chi connectivity index (χ1v) is 15.6. The molecule has 1 N–H and O–H groups in total. The third-order valence-electron chi connectivity index (χ3n) is 7.18. The second kappa shape index (κ2) is 11.9. The minimum atomic E-state index is -2.03. The van der Waals surface area contributed by atoms with E-state index in [0.717, 1.165) is 45.6 Å². The van der Waals surface area contributed by atoms with Gasteiger partial charge in [-0.15, -0.1) is 11.3 Å². The normalized spacial score (nSPS) is 13.7. The fraction of sp³-hybridized carbons (Fsp3) is 0.219. The summed E-state index contributed by atoms with van der Waals surface area (Å²) in [6, 6.07) is 25.8. The smallest absolute Gasteiger partial charge is 0.357 e. The van der Waals surface area contributed by atoms with Gasteiger partial charge in [0.1, 0.15) is 0 Å². The monoisotopic (exact) mass is 583 g/mol. The third kappa shape index (κ3) is 6.07. The third-order valence-corrected chi connectivity index (χ3v) is 8.67. The quantitative estimate of drug-likeness (QED) is 0.141. The fourth-order valence-corrected chi connectivity index (χ4v) is 6.07. The van der Waals surface area contributed by atoms with Crippen molar-refractivity contribution in [3.8, 4) is 27.5 Å². The Kier molecular flexibility index (Phi) is 7.91. The van der Waals surface area contributed by atoms with Crippen molar-refractivity contribution in [1.82, 2.24) is 14.8 Å². The van der Waals surface area contributed by atoms with Gasteiger partial charge in [-0.1, -0.05) is 60.7 Å². The van der Waals surface area contributed by atoms with Gasteiger partial charge in [-0.3, -0.25) is 0 Å². The molecule has 1 unspecified atom stereocenters. The van der Waals surface area contributed by atoms with Crippen LogP contribution >= 0.6 is 11.3 Å². The minimum Gasteiger partial charge on any atom is -0.461 e. The molecule has 208 valence electrons. The SMILES string of the molecule is CCOC(=O)c1csc(-n2nc(-c3cccc(-c4ccccc4)c3)c(Cc3ccc(S(=O)O)cc3)c2CC2CC2)n1. The predicted octanol–water partition coefficient (Wildman–Crippen LogP) is 6.96. The van der Waals surface area contributed by atoms with Crippen molar-refractivity contribution < 1.29 is 18.3 Å². The van der Waals surface area contributed by atoms with E-state index in [1.165, 1.54) is 24.2 Å². The summed E-state index contributed by atoms with van der Waals surface area (Å²) >= 11 is -0.654. The van der Waals surface area contributed by atoms with Crippen LogP contribution < -0.4 is 0 Å². The zero-order valence-electron chi connectivity index (χ0n) is 22.5. The van der Waals surface area contributed by atoms with E-state index in [2.05, 4.69) is 41.4 Å². The molecule has 0 aliphatic heterocycles. The molecule has 1 aliphatic carbocycles. The highest BCUT2D eigenvalue weighted by molar-refractivity contribution is 7.79. The van der Waals surface area contributed by atoms with Crippen molar-refractivity contribution in [2.24, 2.45) is 5.92 Å². The Morgan fingerprint density at radius 3 is 2.46 bits per heavy atom. The molecule has 2 heterocycles. The first kappa shape index (κ1) is 27.3. The number of thiazole rings is 1. The minimum absolute atomic E-state index is 0.279. The predicted molar refractivity (Wildman–Crippen MR) is 161 cm³/mol. The number of nitrogens with zero attached hydrogens (tertiary/aromatic N) is 3. The molecule has 1 atom stereocenters. The zero-order valence-corrected chi connectivity index (χ0v) is 24.2. The van der Waals surface area contributed by atoms with E-state index < -0.39 is 17.0 Å². The maximum Gasteiger partial charge on any atom is 0.357 e. The van der Waals surface area contributed by atoms with Crippen LogP contribution in [0.1, 0.15) is 47.1 Å². The Bertz CT molecular complexity index is 1710. The molecule has 0 saturated heterocycles. The fourth-order valence-electron chi connectivity index (χ4n) is 4.93. The Hall–Kier alpha value is -3.92. The van der Waals surface area contributed by atoms with Crippen molar-refractivity contribution in [3.05, 3.63) is 107 Å². The molecule has 0 amide bonds. The van der Waals surface area contributed by atoms with Crippen LogP contribution in [-0.4, -0.2) is 36.1 Å². The number of benzene rings is 3. The molecule has 0 radical (unpaired) electrons. The molecule has 9 heteroatoms. The van der Waals surface area contributed by atoms with Gasteiger partial charge in [0, 0.05) is 22.9 Å². The average molecular weight is 584 g/mol. The van der Waals surface area contributed by atoms with Gasteiger partial charge in [0.2, 0.25) is 5.13 Å². The molecule has 5 aromatic rings. The van der Waals surface area contributed by atoms with Gasteiger partial charge in [-0.05, 0) is 67.0 Å². The largest absolute Gasteiger partial charge is 0.461 e. The van der Waals surface area contributed by atoms with Crippen LogP contribution in [0.25, 0.3) is 27.5 Å². The van der Waals surface area contributed by atoms with E-state index in [-0.39, 0.29) is 12.3 Å². The summed E-state index contributed by atoms with van der Waals surface area (Å²) in [5.41, 5.74) is 7.54. The summed E-state index contributed by atoms with van der Waals surface area (Å²) in [4.78, 5) is 17.4. The van der Waals surface area contributed by atoms with Gasteiger partial charge in [-0.2, -0.15) is 5.10 Å². The molecule has 3 aromatic carbocycles. The van der Waals surface area contributed by atoms with E-state index in [9.17, 15) is 13.6 Å². The summed E-state index contributed by atoms with van der Waals surface area (Å²) in [5, 5.41) is 7.50. The average Bonchev–Trinajstić information content (AvgIpc) is 3.56. The summed E-state index contributed by atoms with van der Waals surface area (Å²) in [6.07, 6.45) is 3.80. The van der Waals surface area contributed by atoms with Crippen molar-refractivity contribution in [1.29, 1.82) is 0 Å². The number of aromatic nitrogens is 3. The molecule has 41 heavy (non-hydrogen) atoms. The van der Waals surface area contributed by atoms with Crippen LogP contribution in [0, 0.1) is 5.92 Å².